The standard InChI is InChI=1S/C9H7BrClN3/c10-8-5-13-14(9(8)12)7-3-1-2-6(11)4-7/h1-5H,12H2. The molecule has 0 amide bonds. The van der Waals surface area contributed by atoms with Crippen LogP contribution in [0.5, 0.6) is 0 Å². The van der Waals surface area contributed by atoms with Gasteiger partial charge in [0.05, 0.1) is 16.4 Å². The van der Waals surface area contributed by atoms with Gasteiger partial charge in [-0.05, 0) is 34.1 Å². The van der Waals surface area contributed by atoms with Crippen LogP contribution in [0.15, 0.2) is 34.9 Å². The van der Waals surface area contributed by atoms with Gasteiger partial charge in [0.1, 0.15) is 5.82 Å². The van der Waals surface area contributed by atoms with Crippen molar-refractivity contribution in [1.82, 2.24) is 9.78 Å². The van der Waals surface area contributed by atoms with Crippen LogP contribution in [0.3, 0.4) is 0 Å². The van der Waals surface area contributed by atoms with Crippen LogP contribution in [-0.2, 0) is 0 Å². The van der Waals surface area contributed by atoms with Gasteiger partial charge in [0.15, 0.2) is 0 Å². The Labute approximate surface area is 94.6 Å². The second-order valence-electron chi connectivity index (χ2n) is 2.77. The van der Waals surface area contributed by atoms with E-state index in [1.54, 1.807) is 23.0 Å². The Balaban J connectivity index is 2.55. The normalized spacial score (nSPS) is 10.4. The minimum Gasteiger partial charge on any atom is -0.383 e. The van der Waals surface area contributed by atoms with Gasteiger partial charge in [0.25, 0.3) is 0 Å². The summed E-state index contributed by atoms with van der Waals surface area (Å²) in [4.78, 5) is 0. The Bertz CT molecular complexity index is 467. The molecule has 72 valence electrons. The number of rotatable bonds is 1. The molecule has 1 aromatic heterocycles. The lowest BCUT2D eigenvalue weighted by atomic mass is 10.3. The van der Waals surface area contributed by atoms with Gasteiger partial charge in [-0.15, -0.1) is 0 Å². The van der Waals surface area contributed by atoms with Crippen molar-refractivity contribution >= 4 is 33.3 Å². The van der Waals surface area contributed by atoms with Gasteiger partial charge in [-0.3, -0.25) is 0 Å². The molecule has 5 heteroatoms. The highest BCUT2D eigenvalue weighted by atomic mass is 79.9. The van der Waals surface area contributed by atoms with E-state index >= 15 is 0 Å². The molecule has 0 radical (unpaired) electrons. The van der Waals surface area contributed by atoms with Crippen molar-refractivity contribution in [1.29, 1.82) is 0 Å². The number of anilines is 1. The first kappa shape index (κ1) is 9.55. The van der Waals surface area contributed by atoms with Crippen molar-refractivity contribution in [3.05, 3.63) is 40.0 Å². The molecule has 0 saturated heterocycles. The molecule has 0 spiro atoms. The Hall–Kier alpha value is -1.00. The lowest BCUT2D eigenvalue weighted by Gasteiger charge is -2.03. The molecule has 1 heterocycles. The molecular weight excluding hydrogens is 265 g/mol. The van der Waals surface area contributed by atoms with E-state index in [-0.39, 0.29) is 0 Å². The Morgan fingerprint density at radius 1 is 1.43 bits per heavy atom. The van der Waals surface area contributed by atoms with E-state index in [0.29, 0.717) is 10.8 Å². The predicted octanol–water partition coefficient (Wildman–Crippen LogP) is 2.87. The summed E-state index contributed by atoms with van der Waals surface area (Å²) >= 11 is 9.15. The quantitative estimate of drug-likeness (QED) is 0.867. The van der Waals surface area contributed by atoms with Crippen LogP contribution in [0.2, 0.25) is 5.02 Å². The van der Waals surface area contributed by atoms with Crippen LogP contribution in [0.1, 0.15) is 0 Å². The first-order valence-corrected chi connectivity index (χ1v) is 5.10. The maximum Gasteiger partial charge on any atom is 0.141 e. The number of hydrogen-bond acceptors (Lipinski definition) is 2. The summed E-state index contributed by atoms with van der Waals surface area (Å²) in [6.45, 7) is 0. The number of halogens is 2. The van der Waals surface area contributed by atoms with Gasteiger partial charge < -0.3 is 5.73 Å². The van der Waals surface area contributed by atoms with Gasteiger partial charge >= 0.3 is 0 Å². The molecule has 0 fully saturated rings. The average molecular weight is 273 g/mol. The summed E-state index contributed by atoms with van der Waals surface area (Å²) in [7, 11) is 0. The monoisotopic (exact) mass is 271 g/mol. The van der Waals surface area contributed by atoms with Gasteiger partial charge in [-0.2, -0.15) is 5.10 Å². The van der Waals surface area contributed by atoms with E-state index in [2.05, 4.69) is 21.0 Å². The highest BCUT2D eigenvalue weighted by Gasteiger charge is 2.06. The third-order valence-corrected chi connectivity index (χ3v) is 2.66. The summed E-state index contributed by atoms with van der Waals surface area (Å²) in [5, 5.41) is 4.77. The molecule has 2 rings (SSSR count). The number of nitrogen functional groups attached to an aromatic ring is 1. The molecule has 2 aromatic rings. The summed E-state index contributed by atoms with van der Waals surface area (Å²) in [6, 6.07) is 7.35. The largest absolute Gasteiger partial charge is 0.383 e. The fraction of sp³-hybridized carbons (Fsp3) is 0. The smallest absolute Gasteiger partial charge is 0.141 e. The van der Waals surface area contributed by atoms with Crippen LogP contribution in [0.4, 0.5) is 5.82 Å². The maximum absolute atomic E-state index is 5.86. The SMILES string of the molecule is Nc1c(Br)cnn1-c1cccc(Cl)c1. The van der Waals surface area contributed by atoms with Gasteiger partial charge in [-0.25, -0.2) is 4.68 Å². The summed E-state index contributed by atoms with van der Waals surface area (Å²) in [6.07, 6.45) is 1.65. The Kier molecular flexibility index (Phi) is 2.48. The number of nitrogens with zero attached hydrogens (tertiary/aromatic N) is 2. The number of aromatic nitrogens is 2. The summed E-state index contributed by atoms with van der Waals surface area (Å²) in [5.41, 5.74) is 6.64. The van der Waals surface area contributed by atoms with Crippen molar-refractivity contribution in [2.75, 3.05) is 5.73 Å². The lowest BCUT2D eigenvalue weighted by Crippen LogP contribution is -2.01. The molecule has 0 aliphatic carbocycles. The molecular formula is C9H7BrClN3. The van der Waals surface area contributed by atoms with Crippen LogP contribution >= 0.6 is 27.5 Å². The van der Waals surface area contributed by atoms with Crippen molar-refractivity contribution in [3.63, 3.8) is 0 Å². The zero-order valence-corrected chi connectivity index (χ0v) is 9.46. The lowest BCUT2D eigenvalue weighted by molar-refractivity contribution is 0.891. The van der Waals surface area contributed by atoms with Crippen LogP contribution < -0.4 is 5.73 Å². The number of benzene rings is 1. The Morgan fingerprint density at radius 2 is 2.21 bits per heavy atom. The molecule has 0 bridgehead atoms. The maximum atomic E-state index is 5.86. The molecule has 3 nitrogen and oxygen atoms in total. The fourth-order valence-corrected chi connectivity index (χ4v) is 1.60. The predicted molar refractivity (Wildman–Crippen MR) is 60.7 cm³/mol. The molecule has 0 aliphatic rings. The van der Waals surface area contributed by atoms with E-state index in [4.69, 9.17) is 17.3 Å². The highest BCUT2D eigenvalue weighted by molar-refractivity contribution is 9.10. The number of nitrogens with two attached hydrogens (primary N) is 1. The minimum atomic E-state index is 0.562. The van der Waals surface area contributed by atoms with Gasteiger partial charge in [0.2, 0.25) is 0 Å². The third kappa shape index (κ3) is 1.63. The molecule has 1 aromatic carbocycles. The second-order valence-corrected chi connectivity index (χ2v) is 4.06. The van der Waals surface area contributed by atoms with Crippen LogP contribution in [0, 0.1) is 0 Å². The molecule has 0 aliphatic heterocycles. The molecule has 0 saturated carbocycles. The van der Waals surface area contributed by atoms with Crippen LogP contribution in [0.25, 0.3) is 5.69 Å². The van der Waals surface area contributed by atoms with E-state index in [1.807, 2.05) is 12.1 Å². The zero-order chi connectivity index (χ0) is 10.1. The Morgan fingerprint density at radius 3 is 2.79 bits per heavy atom. The van der Waals surface area contributed by atoms with E-state index in [9.17, 15) is 0 Å². The van der Waals surface area contributed by atoms with Crippen LogP contribution in [-0.4, -0.2) is 9.78 Å². The molecule has 14 heavy (non-hydrogen) atoms. The fourth-order valence-electron chi connectivity index (χ4n) is 1.15. The van der Waals surface area contributed by atoms with E-state index < -0.39 is 0 Å². The van der Waals surface area contributed by atoms with E-state index in [0.717, 1.165) is 10.2 Å². The third-order valence-electron chi connectivity index (χ3n) is 1.81. The van der Waals surface area contributed by atoms with Crippen molar-refractivity contribution < 1.29 is 0 Å². The zero-order valence-electron chi connectivity index (χ0n) is 7.11. The second kappa shape index (κ2) is 3.63. The van der Waals surface area contributed by atoms with Crippen molar-refractivity contribution in [2.24, 2.45) is 0 Å². The molecule has 2 N–H and O–H groups in total. The topological polar surface area (TPSA) is 43.8 Å². The first-order valence-electron chi connectivity index (χ1n) is 3.93. The van der Waals surface area contributed by atoms with Crippen molar-refractivity contribution in [3.8, 4) is 5.69 Å². The minimum absolute atomic E-state index is 0.562. The summed E-state index contributed by atoms with van der Waals surface area (Å²) < 4.78 is 2.40. The van der Waals surface area contributed by atoms with Crippen molar-refractivity contribution in [2.45, 2.75) is 0 Å². The van der Waals surface area contributed by atoms with Gasteiger partial charge in [0, 0.05) is 5.02 Å². The summed E-state index contributed by atoms with van der Waals surface area (Å²) in [5.74, 6) is 0.562. The molecule has 0 atom stereocenters. The average Bonchev–Trinajstić information content (AvgIpc) is 2.48. The molecule has 0 unspecified atom stereocenters. The van der Waals surface area contributed by atoms with Gasteiger partial charge in [-0.1, -0.05) is 17.7 Å². The first-order chi connectivity index (χ1) is 6.68. The highest BCUT2D eigenvalue weighted by Crippen LogP contribution is 2.23. The number of hydrogen-bond donors (Lipinski definition) is 1. The van der Waals surface area contributed by atoms with E-state index in [1.165, 1.54) is 0 Å².